The fourth-order valence-electron chi connectivity index (χ4n) is 5.32. The summed E-state index contributed by atoms with van der Waals surface area (Å²) in [6.07, 6.45) is -0.229. The van der Waals surface area contributed by atoms with Gasteiger partial charge in [-0.3, -0.25) is 14.4 Å². The van der Waals surface area contributed by atoms with Gasteiger partial charge in [0, 0.05) is 17.5 Å². The van der Waals surface area contributed by atoms with Crippen LogP contribution in [-0.2, 0) is 14.3 Å². The Hall–Kier alpha value is -6.58. The monoisotopic (exact) mass is 707 g/mol. The third-order valence-corrected chi connectivity index (χ3v) is 9.01. The van der Waals surface area contributed by atoms with Crippen molar-refractivity contribution in [1.82, 2.24) is 4.98 Å². The normalized spacial score (nSPS) is 13.6. The zero-order valence-electron chi connectivity index (χ0n) is 27.7. The number of amides is 2. The van der Waals surface area contributed by atoms with E-state index in [0.717, 1.165) is 16.7 Å². The van der Waals surface area contributed by atoms with Crippen molar-refractivity contribution in [2.24, 2.45) is 0 Å². The molecule has 258 valence electrons. The second-order valence-corrected chi connectivity index (χ2v) is 11.9. The van der Waals surface area contributed by atoms with Crippen molar-refractivity contribution in [3.8, 4) is 46.3 Å². The fourth-order valence-corrected chi connectivity index (χ4v) is 6.44. The Morgan fingerprint density at radius 2 is 1.49 bits per heavy atom. The maximum atomic E-state index is 13.6. The van der Waals surface area contributed by atoms with E-state index in [9.17, 15) is 29.7 Å². The number of thioether (sulfide) groups is 1. The number of nitriles is 2. The van der Waals surface area contributed by atoms with E-state index in [1.54, 1.807) is 36.4 Å². The zero-order valence-corrected chi connectivity index (χ0v) is 28.5. The highest BCUT2D eigenvalue weighted by Gasteiger charge is 2.41. The first-order valence-corrected chi connectivity index (χ1v) is 15.9. The number of nitrogens with zero attached hydrogens (tertiary/aromatic N) is 4. The minimum absolute atomic E-state index is 0.0352. The number of imide groups is 1. The molecular weight excluding hydrogens is 678 g/mol. The number of carbonyl (C=O) groups excluding carboxylic acids is 4. The number of benzene rings is 3. The maximum absolute atomic E-state index is 13.6. The number of ketones is 1. The first kappa shape index (κ1) is 35.7. The summed E-state index contributed by atoms with van der Waals surface area (Å²) in [5, 5.41) is 19.3. The van der Waals surface area contributed by atoms with Gasteiger partial charge in [0.25, 0.3) is 0 Å². The summed E-state index contributed by atoms with van der Waals surface area (Å²) in [4.78, 5) is 57.0. The third kappa shape index (κ3) is 7.10. The van der Waals surface area contributed by atoms with Crippen molar-refractivity contribution in [3.63, 3.8) is 0 Å². The minimum Gasteiger partial charge on any atom is -0.497 e. The molecule has 1 unspecified atom stereocenters. The van der Waals surface area contributed by atoms with Crippen molar-refractivity contribution in [1.29, 1.82) is 10.5 Å². The van der Waals surface area contributed by atoms with E-state index in [1.165, 1.54) is 52.7 Å². The highest BCUT2D eigenvalue weighted by atomic mass is 32.2. The number of anilines is 2. The van der Waals surface area contributed by atoms with Gasteiger partial charge in [-0.05, 0) is 66.2 Å². The van der Waals surface area contributed by atoms with E-state index in [1.807, 2.05) is 6.07 Å². The van der Waals surface area contributed by atoms with E-state index in [0.29, 0.717) is 16.9 Å². The summed E-state index contributed by atoms with van der Waals surface area (Å²) < 4.78 is 26.5. The van der Waals surface area contributed by atoms with Gasteiger partial charge in [-0.2, -0.15) is 10.5 Å². The van der Waals surface area contributed by atoms with Crippen LogP contribution in [0, 0.1) is 22.7 Å². The van der Waals surface area contributed by atoms with Gasteiger partial charge < -0.3 is 29.4 Å². The summed E-state index contributed by atoms with van der Waals surface area (Å²) in [5.41, 5.74) is 7.18. The molecular formula is C36H29N5O9S. The molecule has 0 radical (unpaired) electrons. The van der Waals surface area contributed by atoms with Crippen LogP contribution in [0.4, 0.5) is 11.5 Å². The van der Waals surface area contributed by atoms with Gasteiger partial charge in [0.1, 0.15) is 34.3 Å². The Bertz CT molecular complexity index is 2100. The van der Waals surface area contributed by atoms with Crippen LogP contribution in [0.15, 0.2) is 65.7 Å². The van der Waals surface area contributed by atoms with Crippen LogP contribution in [0.2, 0.25) is 0 Å². The van der Waals surface area contributed by atoms with Gasteiger partial charge >= 0.3 is 5.97 Å². The molecule has 1 saturated heterocycles. The first-order valence-electron chi connectivity index (χ1n) is 15.0. The predicted molar refractivity (Wildman–Crippen MR) is 184 cm³/mol. The lowest BCUT2D eigenvalue weighted by Gasteiger charge is -2.18. The lowest BCUT2D eigenvalue weighted by atomic mass is 9.96. The molecule has 1 atom stereocenters. The summed E-state index contributed by atoms with van der Waals surface area (Å²) in [6, 6.07) is 19.1. The summed E-state index contributed by atoms with van der Waals surface area (Å²) >= 11 is 0.865. The van der Waals surface area contributed by atoms with Crippen molar-refractivity contribution >= 4 is 46.8 Å². The molecule has 0 saturated carbocycles. The molecule has 2 heterocycles. The van der Waals surface area contributed by atoms with Gasteiger partial charge in [-0.15, -0.1) is 0 Å². The Morgan fingerprint density at radius 1 is 0.882 bits per heavy atom. The number of nitrogen functional groups attached to an aromatic ring is 1. The van der Waals surface area contributed by atoms with Gasteiger partial charge in [0.15, 0.2) is 23.9 Å². The molecule has 15 heteroatoms. The quantitative estimate of drug-likeness (QED) is 0.122. The lowest BCUT2D eigenvalue weighted by Crippen LogP contribution is -2.31. The number of esters is 1. The maximum Gasteiger partial charge on any atom is 0.338 e. The van der Waals surface area contributed by atoms with Crippen molar-refractivity contribution < 1.29 is 42.9 Å². The standard InChI is InChI=1S/C36H29N5O9S/c1-46-23-11-7-19(8-12-23)26(42)18-50-36(45)20-5-9-22(10-6-20)41-30(43)15-29(35(41)44)51-34-25(17-38)31(24(16-37)33(39)40-34)21-13-27(47-2)32(49-4)28(14-21)48-3/h5-14,29H,15,18H2,1-4H3,(H2,39,40). The van der Waals surface area contributed by atoms with E-state index in [-0.39, 0.29) is 62.5 Å². The number of Topliss-reactive ketones (excluding diaryl/α,β-unsaturated/α-hetero) is 1. The van der Waals surface area contributed by atoms with Gasteiger partial charge in [-0.1, -0.05) is 11.8 Å². The second-order valence-electron chi connectivity index (χ2n) is 10.7. The average Bonchev–Trinajstić information content (AvgIpc) is 3.43. The van der Waals surface area contributed by atoms with E-state index >= 15 is 0 Å². The topological polar surface area (TPSA) is 204 Å². The Morgan fingerprint density at radius 3 is 2.04 bits per heavy atom. The molecule has 51 heavy (non-hydrogen) atoms. The van der Waals surface area contributed by atoms with Crippen LogP contribution in [0.1, 0.15) is 38.3 Å². The minimum atomic E-state index is -0.995. The number of nitrogens with two attached hydrogens (primary N) is 1. The van der Waals surface area contributed by atoms with Crippen molar-refractivity contribution in [2.75, 3.05) is 45.7 Å². The number of aromatic nitrogens is 1. The molecule has 0 aliphatic carbocycles. The number of carbonyl (C=O) groups is 4. The zero-order chi connectivity index (χ0) is 36.8. The number of hydrogen-bond acceptors (Lipinski definition) is 14. The molecule has 3 aromatic carbocycles. The van der Waals surface area contributed by atoms with E-state index < -0.39 is 35.4 Å². The van der Waals surface area contributed by atoms with Crippen LogP contribution < -0.4 is 29.6 Å². The van der Waals surface area contributed by atoms with E-state index in [4.69, 9.17) is 29.4 Å². The Kier molecular flexibility index (Phi) is 10.7. The molecule has 0 bridgehead atoms. The summed E-state index contributed by atoms with van der Waals surface area (Å²) in [6.45, 7) is -0.491. The molecule has 1 aliphatic rings. The highest BCUT2D eigenvalue weighted by molar-refractivity contribution is 8.00. The fraction of sp³-hybridized carbons (Fsp3) is 0.194. The highest BCUT2D eigenvalue weighted by Crippen LogP contribution is 2.45. The second kappa shape index (κ2) is 15.3. The van der Waals surface area contributed by atoms with Gasteiger partial charge in [0.05, 0.1) is 50.5 Å². The molecule has 1 fully saturated rings. The molecule has 1 aromatic heterocycles. The Labute approximate surface area is 296 Å². The molecule has 14 nitrogen and oxygen atoms in total. The van der Waals surface area contributed by atoms with Crippen LogP contribution in [0.5, 0.6) is 23.0 Å². The number of hydrogen-bond donors (Lipinski definition) is 1. The molecule has 2 N–H and O–H groups in total. The third-order valence-electron chi connectivity index (χ3n) is 7.84. The number of pyridine rings is 1. The van der Waals surface area contributed by atoms with Crippen LogP contribution in [0.25, 0.3) is 11.1 Å². The van der Waals surface area contributed by atoms with Gasteiger partial charge in [0.2, 0.25) is 17.6 Å². The Balaban J connectivity index is 1.36. The molecule has 0 spiro atoms. The number of ether oxygens (including phenoxy) is 5. The molecule has 2 amide bonds. The average molecular weight is 708 g/mol. The smallest absolute Gasteiger partial charge is 0.338 e. The van der Waals surface area contributed by atoms with Crippen LogP contribution in [0.3, 0.4) is 0 Å². The summed E-state index contributed by atoms with van der Waals surface area (Å²) in [5.74, 6) is -1.10. The predicted octanol–water partition coefficient (Wildman–Crippen LogP) is 4.57. The SMILES string of the molecule is COc1ccc(C(=O)COC(=O)c2ccc(N3C(=O)CC(Sc4nc(N)c(C#N)c(-c5cc(OC)c(OC)c(OC)c5)c4C#N)C3=O)cc2)cc1. The van der Waals surface area contributed by atoms with Crippen molar-refractivity contribution in [3.05, 3.63) is 82.9 Å². The van der Waals surface area contributed by atoms with Crippen molar-refractivity contribution in [2.45, 2.75) is 16.7 Å². The molecule has 4 aromatic rings. The van der Waals surface area contributed by atoms with Crippen LogP contribution in [-0.4, -0.2) is 68.8 Å². The number of rotatable bonds is 12. The van der Waals surface area contributed by atoms with Crippen LogP contribution >= 0.6 is 11.8 Å². The summed E-state index contributed by atoms with van der Waals surface area (Å²) in [7, 11) is 5.77. The molecule has 5 rings (SSSR count). The van der Waals surface area contributed by atoms with E-state index in [2.05, 4.69) is 11.1 Å². The largest absolute Gasteiger partial charge is 0.497 e. The first-order chi connectivity index (χ1) is 24.6. The van der Waals surface area contributed by atoms with Gasteiger partial charge in [-0.25, -0.2) is 14.7 Å². The lowest BCUT2D eigenvalue weighted by molar-refractivity contribution is -0.121. The molecule has 1 aliphatic heterocycles. The number of methoxy groups -OCH3 is 4.